The summed E-state index contributed by atoms with van der Waals surface area (Å²) >= 11 is 3.34. The van der Waals surface area contributed by atoms with Gasteiger partial charge in [0.1, 0.15) is 0 Å². The van der Waals surface area contributed by atoms with E-state index in [0.717, 1.165) is 10.7 Å². The van der Waals surface area contributed by atoms with E-state index in [1.165, 1.54) is 20.9 Å². The summed E-state index contributed by atoms with van der Waals surface area (Å²) in [5.74, 6) is 2.15. The van der Waals surface area contributed by atoms with Gasteiger partial charge < -0.3 is 14.8 Å². The number of hydrogen-bond acceptors (Lipinski definition) is 5. The van der Waals surface area contributed by atoms with Crippen LogP contribution in [0, 0.1) is 13.8 Å². The molecule has 6 heteroatoms. The molecule has 0 radical (unpaired) electrons. The van der Waals surface area contributed by atoms with Crippen molar-refractivity contribution in [1.82, 2.24) is 0 Å². The molecule has 0 unspecified atom stereocenters. The molecule has 2 aliphatic heterocycles. The highest BCUT2D eigenvalue weighted by atomic mass is 32.2. The van der Waals surface area contributed by atoms with Crippen molar-refractivity contribution in [3.05, 3.63) is 44.0 Å². The van der Waals surface area contributed by atoms with Crippen LogP contribution in [0.1, 0.15) is 20.9 Å². The van der Waals surface area contributed by atoms with Gasteiger partial charge in [0.2, 0.25) is 6.79 Å². The molecule has 0 saturated heterocycles. The number of rotatable bonds is 2. The second-order valence-electron chi connectivity index (χ2n) is 5.45. The van der Waals surface area contributed by atoms with E-state index in [9.17, 15) is 4.79 Å². The molecule has 1 aromatic carbocycles. The summed E-state index contributed by atoms with van der Waals surface area (Å²) in [5, 5.41) is 2.93. The number of fused-ring (bicyclic) bond motifs is 2. The van der Waals surface area contributed by atoms with Gasteiger partial charge in [0.15, 0.2) is 11.5 Å². The van der Waals surface area contributed by atoms with Gasteiger partial charge in [0, 0.05) is 27.3 Å². The quantitative estimate of drug-likeness (QED) is 0.880. The third kappa shape index (κ3) is 2.62. The minimum absolute atomic E-state index is 0.0804. The van der Waals surface area contributed by atoms with Crippen LogP contribution in [-0.4, -0.2) is 12.7 Å². The molecular weight excluding hydrogens is 330 g/mol. The van der Waals surface area contributed by atoms with Crippen molar-refractivity contribution in [2.45, 2.75) is 19.6 Å². The molecule has 0 aliphatic carbocycles. The molecule has 23 heavy (non-hydrogen) atoms. The lowest BCUT2D eigenvalue weighted by molar-refractivity contribution is -0.112. The number of thiophene rings is 1. The highest BCUT2D eigenvalue weighted by molar-refractivity contribution is 8.03. The first-order valence-electron chi connectivity index (χ1n) is 7.26. The van der Waals surface area contributed by atoms with Crippen LogP contribution in [0.3, 0.4) is 0 Å². The fourth-order valence-electron chi connectivity index (χ4n) is 2.61. The minimum Gasteiger partial charge on any atom is -0.454 e. The van der Waals surface area contributed by atoms with Crippen LogP contribution in [0.15, 0.2) is 23.1 Å². The van der Waals surface area contributed by atoms with E-state index >= 15 is 0 Å². The van der Waals surface area contributed by atoms with Gasteiger partial charge in [-0.15, -0.1) is 23.1 Å². The lowest BCUT2D eigenvalue weighted by Gasteiger charge is -2.14. The van der Waals surface area contributed by atoms with E-state index in [4.69, 9.17) is 9.47 Å². The second-order valence-corrected chi connectivity index (χ2v) is 7.72. The molecule has 0 atom stereocenters. The van der Waals surface area contributed by atoms with Crippen molar-refractivity contribution in [3.8, 4) is 11.5 Å². The first-order chi connectivity index (χ1) is 11.1. The second kappa shape index (κ2) is 5.62. The number of ether oxygens (including phenoxy) is 2. The molecule has 0 fully saturated rings. The summed E-state index contributed by atoms with van der Waals surface area (Å²) in [6.45, 7) is 4.51. The first-order valence-corrected chi connectivity index (χ1v) is 9.06. The van der Waals surface area contributed by atoms with E-state index in [1.54, 1.807) is 29.2 Å². The molecule has 4 nitrogen and oxygen atoms in total. The van der Waals surface area contributed by atoms with Gasteiger partial charge in [0.05, 0.1) is 4.91 Å². The van der Waals surface area contributed by atoms with E-state index in [-0.39, 0.29) is 12.7 Å². The summed E-state index contributed by atoms with van der Waals surface area (Å²) in [7, 11) is 0. The summed E-state index contributed by atoms with van der Waals surface area (Å²) in [4.78, 5) is 15.8. The lowest BCUT2D eigenvalue weighted by atomic mass is 10.1. The van der Waals surface area contributed by atoms with Gasteiger partial charge in [-0.3, -0.25) is 4.79 Å². The van der Waals surface area contributed by atoms with Gasteiger partial charge in [-0.25, -0.2) is 0 Å². The smallest absolute Gasteiger partial charge is 0.262 e. The summed E-state index contributed by atoms with van der Waals surface area (Å²) in [6, 6.07) is 5.42. The van der Waals surface area contributed by atoms with E-state index < -0.39 is 0 Å². The Morgan fingerprint density at radius 1 is 1.22 bits per heavy atom. The molecule has 3 heterocycles. The fraction of sp³-hybridized carbons (Fsp3) is 0.235. The van der Waals surface area contributed by atoms with Crippen molar-refractivity contribution in [3.63, 3.8) is 0 Å². The van der Waals surface area contributed by atoms with Crippen molar-refractivity contribution in [2.24, 2.45) is 0 Å². The zero-order chi connectivity index (χ0) is 16.0. The van der Waals surface area contributed by atoms with Crippen LogP contribution in [0.5, 0.6) is 11.5 Å². The monoisotopic (exact) mass is 345 g/mol. The molecule has 118 valence electrons. The maximum absolute atomic E-state index is 12.5. The Balaban J connectivity index is 1.55. The highest BCUT2D eigenvalue weighted by Crippen LogP contribution is 2.40. The Kier molecular flexibility index (Phi) is 3.58. The van der Waals surface area contributed by atoms with Crippen LogP contribution >= 0.6 is 23.1 Å². The SMILES string of the molecule is Cc1sc2c(c1C)CSC(C(=O)Nc1ccc3c(c1)OCO3)=C2. The van der Waals surface area contributed by atoms with E-state index in [2.05, 4.69) is 19.2 Å². The number of hydrogen-bond donors (Lipinski definition) is 1. The van der Waals surface area contributed by atoms with Crippen molar-refractivity contribution < 1.29 is 14.3 Å². The fourth-order valence-corrected chi connectivity index (χ4v) is 4.96. The summed E-state index contributed by atoms with van der Waals surface area (Å²) in [6.07, 6.45) is 2.00. The molecular formula is C17H15NO3S2. The summed E-state index contributed by atoms with van der Waals surface area (Å²) in [5.41, 5.74) is 3.42. The van der Waals surface area contributed by atoms with Crippen LogP contribution in [0.25, 0.3) is 6.08 Å². The largest absolute Gasteiger partial charge is 0.454 e. The van der Waals surface area contributed by atoms with Gasteiger partial charge in [-0.2, -0.15) is 0 Å². The Morgan fingerprint density at radius 3 is 2.91 bits per heavy atom. The number of carbonyl (C=O) groups is 1. The number of thioether (sulfide) groups is 1. The van der Waals surface area contributed by atoms with Gasteiger partial charge in [0.25, 0.3) is 5.91 Å². The number of carbonyl (C=O) groups excluding carboxylic acids is 1. The number of amides is 1. The normalized spacial score (nSPS) is 15.1. The predicted molar refractivity (Wildman–Crippen MR) is 94.3 cm³/mol. The molecule has 1 N–H and O–H groups in total. The van der Waals surface area contributed by atoms with Gasteiger partial charge in [-0.1, -0.05) is 0 Å². The number of nitrogens with one attached hydrogen (secondary N) is 1. The Labute approximate surface area is 142 Å². The highest BCUT2D eigenvalue weighted by Gasteiger charge is 2.21. The Morgan fingerprint density at radius 2 is 2.04 bits per heavy atom. The standard InChI is InChI=1S/C17H15NO3S2/c1-9-10(2)23-15-6-16(22-7-12(9)15)17(19)18-11-3-4-13-14(5-11)21-8-20-13/h3-6H,7-8H2,1-2H3,(H,18,19). The van der Waals surface area contributed by atoms with E-state index in [0.29, 0.717) is 17.2 Å². The average molecular weight is 345 g/mol. The Bertz CT molecular complexity index is 839. The first kappa shape index (κ1) is 14.7. The van der Waals surface area contributed by atoms with Crippen LogP contribution < -0.4 is 14.8 Å². The van der Waals surface area contributed by atoms with Crippen LogP contribution in [0.2, 0.25) is 0 Å². The summed E-state index contributed by atoms with van der Waals surface area (Å²) < 4.78 is 10.6. The maximum atomic E-state index is 12.5. The zero-order valence-corrected chi connectivity index (χ0v) is 14.4. The van der Waals surface area contributed by atoms with Crippen molar-refractivity contribution >= 4 is 40.8 Å². The number of benzene rings is 1. The Hall–Kier alpha value is -1.92. The molecule has 1 aromatic heterocycles. The molecule has 1 amide bonds. The predicted octanol–water partition coefficient (Wildman–Crippen LogP) is 4.32. The molecule has 2 aromatic rings. The molecule has 0 bridgehead atoms. The third-order valence-electron chi connectivity index (χ3n) is 4.03. The zero-order valence-electron chi connectivity index (χ0n) is 12.8. The van der Waals surface area contributed by atoms with Gasteiger partial charge >= 0.3 is 0 Å². The molecule has 0 saturated carbocycles. The maximum Gasteiger partial charge on any atom is 0.262 e. The minimum atomic E-state index is -0.0804. The lowest BCUT2D eigenvalue weighted by Crippen LogP contribution is -2.14. The molecule has 2 aliphatic rings. The number of aryl methyl sites for hydroxylation is 1. The topological polar surface area (TPSA) is 47.6 Å². The molecule has 4 rings (SSSR count). The van der Waals surface area contributed by atoms with Crippen molar-refractivity contribution in [2.75, 3.05) is 12.1 Å². The van der Waals surface area contributed by atoms with Crippen molar-refractivity contribution in [1.29, 1.82) is 0 Å². The average Bonchev–Trinajstić information content (AvgIpc) is 3.11. The van der Waals surface area contributed by atoms with E-state index in [1.807, 2.05) is 18.2 Å². The van der Waals surface area contributed by atoms with Crippen LogP contribution in [-0.2, 0) is 10.5 Å². The number of anilines is 1. The van der Waals surface area contributed by atoms with Crippen LogP contribution in [0.4, 0.5) is 5.69 Å². The van der Waals surface area contributed by atoms with Gasteiger partial charge in [-0.05, 0) is 43.2 Å². The third-order valence-corrected chi connectivity index (χ3v) is 6.27. The molecule has 0 spiro atoms.